The summed E-state index contributed by atoms with van der Waals surface area (Å²) in [6, 6.07) is 16.5. The number of anilines is 1. The number of hydrogen-bond acceptors (Lipinski definition) is 3. The summed E-state index contributed by atoms with van der Waals surface area (Å²) in [7, 11) is 1.64. The van der Waals surface area contributed by atoms with Crippen LogP contribution in [0.4, 0.5) is 14.9 Å². The number of nitrogens with one attached hydrogen (secondary N) is 1. The minimum atomic E-state index is -0.361. The van der Waals surface area contributed by atoms with Gasteiger partial charge in [0.05, 0.1) is 6.61 Å². The molecular weight excluding hydrogens is 381 g/mol. The van der Waals surface area contributed by atoms with Crippen molar-refractivity contribution in [1.29, 1.82) is 0 Å². The van der Waals surface area contributed by atoms with Crippen molar-refractivity contribution in [2.75, 3.05) is 45.2 Å². The number of hydrogen-bond donors (Lipinski definition) is 1. The predicted molar refractivity (Wildman–Crippen MR) is 118 cm³/mol. The molecule has 1 fully saturated rings. The third-order valence-corrected chi connectivity index (χ3v) is 5.65. The molecule has 3 rings (SSSR count). The summed E-state index contributed by atoms with van der Waals surface area (Å²) >= 11 is 0. The van der Waals surface area contributed by atoms with Crippen molar-refractivity contribution in [3.8, 4) is 0 Å². The zero-order chi connectivity index (χ0) is 21.2. The fourth-order valence-electron chi connectivity index (χ4n) is 4.01. The van der Waals surface area contributed by atoms with Crippen molar-refractivity contribution in [2.24, 2.45) is 0 Å². The Morgan fingerprint density at radius 2 is 1.93 bits per heavy atom. The molecule has 0 bridgehead atoms. The van der Waals surface area contributed by atoms with Gasteiger partial charge in [0.15, 0.2) is 0 Å². The van der Waals surface area contributed by atoms with Gasteiger partial charge in [0.25, 0.3) is 0 Å². The summed E-state index contributed by atoms with van der Waals surface area (Å²) in [5.74, 6) is -0.361. The molecule has 1 aliphatic rings. The first-order valence-electron chi connectivity index (χ1n) is 10.7. The lowest BCUT2D eigenvalue weighted by atomic mass is 10.0. The maximum Gasteiger partial charge on any atom is 0.322 e. The van der Waals surface area contributed by atoms with Gasteiger partial charge >= 0.3 is 6.03 Å². The number of urea groups is 1. The van der Waals surface area contributed by atoms with E-state index in [9.17, 15) is 9.18 Å². The van der Waals surface area contributed by atoms with Gasteiger partial charge in [-0.15, -0.1) is 0 Å². The van der Waals surface area contributed by atoms with E-state index >= 15 is 0 Å². The molecule has 162 valence electrons. The standard InChI is InChI=1S/C24H32FN3O2/c1-30-18-17-28(24(29)26-22-11-5-10-21(25)19-22)23-12-15-27(16-13-23)14-6-9-20-7-3-2-4-8-20/h2-5,7-8,10-11,19,23H,6,9,12-18H2,1H3,(H,26,29). The van der Waals surface area contributed by atoms with Crippen LogP contribution in [0.3, 0.4) is 0 Å². The van der Waals surface area contributed by atoms with E-state index in [0.29, 0.717) is 18.8 Å². The van der Waals surface area contributed by atoms with Crippen LogP contribution in [0.2, 0.25) is 0 Å². The monoisotopic (exact) mass is 413 g/mol. The normalized spacial score (nSPS) is 15.1. The first-order valence-corrected chi connectivity index (χ1v) is 10.7. The Morgan fingerprint density at radius 3 is 2.63 bits per heavy atom. The third-order valence-electron chi connectivity index (χ3n) is 5.65. The Labute approximate surface area is 178 Å². The van der Waals surface area contributed by atoms with E-state index in [0.717, 1.165) is 45.3 Å². The molecule has 2 amide bonds. The largest absolute Gasteiger partial charge is 0.383 e. The lowest BCUT2D eigenvalue weighted by Gasteiger charge is -2.38. The van der Waals surface area contributed by atoms with Gasteiger partial charge in [-0.25, -0.2) is 9.18 Å². The average Bonchev–Trinajstić information content (AvgIpc) is 2.76. The van der Waals surface area contributed by atoms with Crippen molar-refractivity contribution in [3.63, 3.8) is 0 Å². The molecule has 5 nitrogen and oxygen atoms in total. The molecule has 0 radical (unpaired) electrons. The van der Waals surface area contributed by atoms with Crippen molar-refractivity contribution >= 4 is 11.7 Å². The van der Waals surface area contributed by atoms with E-state index in [1.165, 1.54) is 17.7 Å². The number of aryl methyl sites for hydroxylation is 1. The Hall–Kier alpha value is -2.44. The van der Waals surface area contributed by atoms with Gasteiger partial charge in [0.2, 0.25) is 0 Å². The number of piperidine rings is 1. The summed E-state index contributed by atoms with van der Waals surface area (Å²) in [4.78, 5) is 17.2. The van der Waals surface area contributed by atoms with E-state index in [1.54, 1.807) is 19.2 Å². The van der Waals surface area contributed by atoms with Crippen LogP contribution < -0.4 is 5.32 Å². The Morgan fingerprint density at radius 1 is 1.17 bits per heavy atom. The zero-order valence-corrected chi connectivity index (χ0v) is 17.7. The van der Waals surface area contributed by atoms with Gasteiger partial charge in [-0.3, -0.25) is 0 Å². The van der Waals surface area contributed by atoms with E-state index in [-0.39, 0.29) is 17.9 Å². The first kappa shape index (κ1) is 22.2. The Balaban J connectivity index is 1.48. The van der Waals surface area contributed by atoms with Crippen LogP contribution in [-0.2, 0) is 11.2 Å². The molecule has 0 aliphatic carbocycles. The molecule has 0 spiro atoms. The fourth-order valence-corrected chi connectivity index (χ4v) is 4.01. The van der Waals surface area contributed by atoms with Crippen molar-refractivity contribution in [1.82, 2.24) is 9.80 Å². The number of benzene rings is 2. The van der Waals surface area contributed by atoms with Crippen LogP contribution in [0.25, 0.3) is 0 Å². The number of carbonyl (C=O) groups excluding carboxylic acids is 1. The van der Waals surface area contributed by atoms with Crippen LogP contribution in [0.1, 0.15) is 24.8 Å². The maximum atomic E-state index is 13.4. The Bertz CT molecular complexity index is 779. The van der Waals surface area contributed by atoms with Gasteiger partial charge in [0, 0.05) is 38.5 Å². The number of halogens is 1. The summed E-state index contributed by atoms with van der Waals surface area (Å²) in [6.45, 7) is 4.05. The van der Waals surface area contributed by atoms with Gasteiger partial charge < -0.3 is 19.9 Å². The van der Waals surface area contributed by atoms with Gasteiger partial charge in [-0.2, -0.15) is 0 Å². The summed E-state index contributed by atoms with van der Waals surface area (Å²) < 4.78 is 18.6. The minimum absolute atomic E-state index is 0.166. The second-order valence-corrected chi connectivity index (χ2v) is 7.79. The number of amides is 2. The van der Waals surface area contributed by atoms with Crippen molar-refractivity contribution in [3.05, 3.63) is 66.0 Å². The number of rotatable bonds is 9. The van der Waals surface area contributed by atoms with Crippen LogP contribution in [-0.4, -0.2) is 61.8 Å². The highest BCUT2D eigenvalue weighted by atomic mass is 19.1. The van der Waals surface area contributed by atoms with E-state index < -0.39 is 0 Å². The second kappa shape index (κ2) is 11.7. The number of methoxy groups -OCH3 is 1. The van der Waals surface area contributed by atoms with Crippen LogP contribution in [0.15, 0.2) is 54.6 Å². The molecule has 1 aliphatic heterocycles. The molecule has 0 aromatic heterocycles. The highest BCUT2D eigenvalue weighted by Crippen LogP contribution is 2.19. The molecule has 1 heterocycles. The maximum absolute atomic E-state index is 13.4. The lowest BCUT2D eigenvalue weighted by Crippen LogP contribution is -2.50. The lowest BCUT2D eigenvalue weighted by molar-refractivity contribution is 0.100. The molecule has 2 aromatic carbocycles. The third kappa shape index (κ3) is 6.82. The molecule has 1 saturated heterocycles. The summed E-state index contributed by atoms with van der Waals surface area (Å²) in [6.07, 6.45) is 4.11. The van der Waals surface area contributed by atoms with Gasteiger partial charge in [0.1, 0.15) is 5.82 Å². The van der Waals surface area contributed by atoms with Crippen molar-refractivity contribution in [2.45, 2.75) is 31.7 Å². The molecule has 0 unspecified atom stereocenters. The molecule has 0 atom stereocenters. The molecule has 30 heavy (non-hydrogen) atoms. The zero-order valence-electron chi connectivity index (χ0n) is 17.7. The highest BCUT2D eigenvalue weighted by Gasteiger charge is 2.27. The van der Waals surface area contributed by atoms with Gasteiger partial charge in [-0.05, 0) is 56.0 Å². The van der Waals surface area contributed by atoms with Crippen LogP contribution >= 0.6 is 0 Å². The molecule has 2 aromatic rings. The molecule has 6 heteroatoms. The average molecular weight is 414 g/mol. The van der Waals surface area contributed by atoms with Crippen molar-refractivity contribution < 1.29 is 13.9 Å². The van der Waals surface area contributed by atoms with Gasteiger partial charge in [-0.1, -0.05) is 36.4 Å². The second-order valence-electron chi connectivity index (χ2n) is 7.79. The van der Waals surface area contributed by atoms with E-state index in [1.807, 2.05) is 11.0 Å². The number of carbonyl (C=O) groups is 1. The molecular formula is C24H32FN3O2. The summed E-state index contributed by atoms with van der Waals surface area (Å²) in [5.41, 5.74) is 1.85. The summed E-state index contributed by atoms with van der Waals surface area (Å²) in [5, 5.41) is 2.83. The number of ether oxygens (including phenoxy) is 1. The van der Waals surface area contributed by atoms with Crippen LogP contribution in [0, 0.1) is 5.82 Å². The molecule has 0 saturated carbocycles. The van der Waals surface area contributed by atoms with E-state index in [2.05, 4.69) is 34.5 Å². The number of likely N-dealkylation sites (tertiary alicyclic amines) is 1. The van der Waals surface area contributed by atoms with E-state index in [4.69, 9.17) is 4.74 Å². The Kier molecular flexibility index (Phi) is 8.66. The first-order chi connectivity index (χ1) is 14.7. The fraction of sp³-hybridized carbons (Fsp3) is 0.458. The quantitative estimate of drug-likeness (QED) is 0.663. The molecule has 1 N–H and O–H groups in total. The SMILES string of the molecule is COCCN(C(=O)Nc1cccc(F)c1)C1CCN(CCCc2ccccc2)CC1. The smallest absolute Gasteiger partial charge is 0.322 e. The van der Waals surface area contributed by atoms with Crippen LogP contribution in [0.5, 0.6) is 0 Å². The number of nitrogens with zero attached hydrogens (tertiary/aromatic N) is 2. The topological polar surface area (TPSA) is 44.8 Å². The highest BCUT2D eigenvalue weighted by molar-refractivity contribution is 5.89. The predicted octanol–water partition coefficient (Wildman–Crippen LogP) is 4.40. The minimum Gasteiger partial charge on any atom is -0.383 e.